The number of cyclic esters (lactones) is 1. The molecule has 6 nitrogen and oxygen atoms in total. The molecule has 1 aromatic carbocycles. The number of hydrogen-bond acceptors (Lipinski definition) is 6. The summed E-state index contributed by atoms with van der Waals surface area (Å²) in [7, 11) is 1.54. The number of rotatable bonds is 11. The van der Waals surface area contributed by atoms with Crippen molar-refractivity contribution in [2.24, 2.45) is 0 Å². The van der Waals surface area contributed by atoms with Gasteiger partial charge in [0.25, 0.3) is 0 Å². The summed E-state index contributed by atoms with van der Waals surface area (Å²) in [6, 6.07) is 0. The number of unbranched alkanes of at least 4 members (excludes halogenated alkanes) is 3. The first kappa shape index (κ1) is 22.8. The van der Waals surface area contributed by atoms with Crippen LogP contribution < -0.4 is 4.74 Å². The van der Waals surface area contributed by atoms with Gasteiger partial charge in [0, 0.05) is 17.5 Å². The van der Waals surface area contributed by atoms with Gasteiger partial charge in [0.2, 0.25) is 0 Å². The number of aromatic hydroxyl groups is 1. The highest BCUT2D eigenvalue weighted by Gasteiger charge is 2.31. The number of fused-ring (bicyclic) bond motifs is 1. The molecule has 1 aromatic rings. The first-order valence-electron chi connectivity index (χ1n) is 10.3. The maximum atomic E-state index is 12.0. The lowest BCUT2D eigenvalue weighted by molar-refractivity contribution is -0.143. The van der Waals surface area contributed by atoms with Gasteiger partial charge in [-0.25, -0.2) is 4.79 Å². The Hall–Kier alpha value is -2.50. The third-order valence-electron chi connectivity index (χ3n) is 5.29. The fourth-order valence-corrected chi connectivity index (χ4v) is 3.49. The molecule has 0 radical (unpaired) electrons. The van der Waals surface area contributed by atoms with E-state index in [-0.39, 0.29) is 23.9 Å². The maximum absolute atomic E-state index is 12.0. The van der Waals surface area contributed by atoms with E-state index in [2.05, 4.69) is 6.92 Å². The number of methoxy groups -OCH3 is 1. The first-order chi connectivity index (χ1) is 13.9. The lowest BCUT2D eigenvalue weighted by Crippen LogP contribution is -2.06. The van der Waals surface area contributed by atoms with Crippen molar-refractivity contribution in [3.63, 3.8) is 0 Å². The van der Waals surface area contributed by atoms with Gasteiger partial charge in [0.1, 0.15) is 23.7 Å². The Bertz CT molecular complexity index is 778. The van der Waals surface area contributed by atoms with E-state index in [4.69, 9.17) is 14.2 Å². The highest BCUT2D eigenvalue weighted by molar-refractivity contribution is 5.98. The minimum absolute atomic E-state index is 0.0829. The van der Waals surface area contributed by atoms with Crippen molar-refractivity contribution >= 4 is 11.9 Å². The molecule has 160 valence electrons. The summed E-state index contributed by atoms with van der Waals surface area (Å²) in [5, 5.41) is 10.6. The van der Waals surface area contributed by atoms with Crippen molar-refractivity contribution in [1.29, 1.82) is 0 Å². The van der Waals surface area contributed by atoms with E-state index in [0.717, 1.165) is 36.8 Å². The van der Waals surface area contributed by atoms with Crippen LogP contribution in [0.2, 0.25) is 0 Å². The Labute approximate surface area is 172 Å². The van der Waals surface area contributed by atoms with Crippen LogP contribution in [0.15, 0.2) is 11.6 Å². The predicted octanol–water partition coefficient (Wildman–Crippen LogP) is 4.77. The van der Waals surface area contributed by atoms with E-state index in [0.29, 0.717) is 42.7 Å². The highest BCUT2D eigenvalue weighted by atomic mass is 16.5. The molecular weight excluding hydrogens is 372 g/mol. The summed E-state index contributed by atoms with van der Waals surface area (Å²) in [5.74, 6) is -0.215. The number of carbonyl (C=O) groups is 2. The average Bonchev–Trinajstić information content (AvgIpc) is 3.09. The van der Waals surface area contributed by atoms with Crippen LogP contribution >= 0.6 is 0 Å². The number of esters is 2. The van der Waals surface area contributed by atoms with Gasteiger partial charge < -0.3 is 19.3 Å². The quantitative estimate of drug-likeness (QED) is 0.325. The summed E-state index contributed by atoms with van der Waals surface area (Å²) >= 11 is 0. The van der Waals surface area contributed by atoms with E-state index in [1.165, 1.54) is 0 Å². The number of phenols is 1. The largest absolute Gasteiger partial charge is 0.507 e. The molecule has 2 rings (SSSR count). The fraction of sp³-hybridized carbons (Fsp3) is 0.565. The van der Waals surface area contributed by atoms with Crippen molar-refractivity contribution in [3.05, 3.63) is 33.9 Å². The zero-order valence-corrected chi connectivity index (χ0v) is 17.9. The lowest BCUT2D eigenvalue weighted by atomic mass is 9.94. The van der Waals surface area contributed by atoms with E-state index >= 15 is 0 Å². The van der Waals surface area contributed by atoms with Crippen LogP contribution in [-0.2, 0) is 27.3 Å². The van der Waals surface area contributed by atoms with Crippen LogP contribution in [-0.4, -0.2) is 30.8 Å². The normalized spacial score (nSPS) is 13.2. The number of benzene rings is 1. The Morgan fingerprint density at radius 3 is 2.69 bits per heavy atom. The second kappa shape index (κ2) is 10.9. The van der Waals surface area contributed by atoms with Gasteiger partial charge in [-0.2, -0.15) is 0 Å². The molecule has 0 bridgehead atoms. The molecule has 1 N–H and O–H groups in total. The fourth-order valence-electron chi connectivity index (χ4n) is 3.49. The van der Waals surface area contributed by atoms with Crippen LogP contribution in [0.5, 0.6) is 11.5 Å². The summed E-state index contributed by atoms with van der Waals surface area (Å²) < 4.78 is 15.8. The van der Waals surface area contributed by atoms with Gasteiger partial charge in [-0.1, -0.05) is 37.8 Å². The molecule has 0 saturated heterocycles. The van der Waals surface area contributed by atoms with Crippen LogP contribution in [0.4, 0.5) is 0 Å². The maximum Gasteiger partial charge on any atom is 0.342 e. The van der Waals surface area contributed by atoms with Crippen LogP contribution in [0.25, 0.3) is 0 Å². The number of ether oxygens (including phenoxy) is 3. The van der Waals surface area contributed by atoms with Crippen molar-refractivity contribution in [1.82, 2.24) is 0 Å². The highest BCUT2D eigenvalue weighted by Crippen LogP contribution is 2.42. The molecule has 1 aliphatic rings. The standard InChI is InChI=1S/C23H32O6/c1-5-6-7-8-13-28-19(24)12-10-15(2)9-11-17-21(25)20-18(14-29-23(20)26)16(3)22(17)27-4/h9,25H,5-8,10-14H2,1-4H3/b15-9+. The molecule has 1 heterocycles. The molecule has 0 aromatic heterocycles. The van der Waals surface area contributed by atoms with Gasteiger partial charge in [-0.15, -0.1) is 0 Å². The Morgan fingerprint density at radius 1 is 1.24 bits per heavy atom. The third kappa shape index (κ3) is 5.75. The molecule has 0 aliphatic carbocycles. The molecule has 6 heteroatoms. The molecule has 29 heavy (non-hydrogen) atoms. The molecule has 0 spiro atoms. The molecule has 0 saturated carbocycles. The SMILES string of the molecule is CCCCCCOC(=O)CC/C(C)=C/Cc1c(O)c2c(c(C)c1OC)COC2=O. The minimum atomic E-state index is -0.508. The van der Waals surface area contributed by atoms with Gasteiger partial charge in [0.05, 0.1) is 13.7 Å². The Morgan fingerprint density at radius 2 is 2.00 bits per heavy atom. The van der Waals surface area contributed by atoms with Crippen molar-refractivity contribution in [3.8, 4) is 11.5 Å². The summed E-state index contributed by atoms with van der Waals surface area (Å²) in [5.41, 5.74) is 3.28. The first-order valence-corrected chi connectivity index (χ1v) is 10.3. The number of allylic oxidation sites excluding steroid dienone is 2. The van der Waals surface area contributed by atoms with Crippen LogP contribution in [0, 0.1) is 6.92 Å². The van der Waals surface area contributed by atoms with Gasteiger partial charge in [0.15, 0.2) is 0 Å². The second-order valence-corrected chi connectivity index (χ2v) is 7.45. The molecule has 0 fully saturated rings. The molecular formula is C23H32O6. The molecule has 0 amide bonds. The van der Waals surface area contributed by atoms with Crippen LogP contribution in [0.1, 0.15) is 79.4 Å². The van der Waals surface area contributed by atoms with E-state index in [9.17, 15) is 14.7 Å². The van der Waals surface area contributed by atoms with Gasteiger partial charge >= 0.3 is 11.9 Å². The van der Waals surface area contributed by atoms with Crippen LogP contribution in [0.3, 0.4) is 0 Å². The smallest absolute Gasteiger partial charge is 0.342 e. The lowest BCUT2D eigenvalue weighted by Gasteiger charge is -2.15. The Kier molecular flexibility index (Phi) is 8.55. The summed E-state index contributed by atoms with van der Waals surface area (Å²) in [4.78, 5) is 23.8. The number of phenolic OH excluding ortho intramolecular Hbond substituents is 1. The number of hydrogen-bond donors (Lipinski definition) is 1. The van der Waals surface area contributed by atoms with E-state index in [1.54, 1.807) is 7.11 Å². The van der Waals surface area contributed by atoms with Gasteiger partial charge in [-0.05, 0) is 38.7 Å². The number of carbonyl (C=O) groups excluding carboxylic acids is 2. The Balaban J connectivity index is 1.97. The van der Waals surface area contributed by atoms with Gasteiger partial charge in [-0.3, -0.25) is 4.79 Å². The summed E-state index contributed by atoms with van der Waals surface area (Å²) in [6.07, 6.45) is 7.57. The van der Waals surface area contributed by atoms with E-state index in [1.807, 2.05) is 19.9 Å². The molecule has 1 aliphatic heterocycles. The predicted molar refractivity (Wildman–Crippen MR) is 110 cm³/mol. The second-order valence-electron chi connectivity index (χ2n) is 7.45. The van der Waals surface area contributed by atoms with E-state index < -0.39 is 5.97 Å². The van der Waals surface area contributed by atoms with Crippen molar-refractivity contribution in [2.75, 3.05) is 13.7 Å². The third-order valence-corrected chi connectivity index (χ3v) is 5.29. The van der Waals surface area contributed by atoms with Crippen molar-refractivity contribution < 1.29 is 28.9 Å². The zero-order chi connectivity index (χ0) is 21.4. The average molecular weight is 405 g/mol. The summed E-state index contributed by atoms with van der Waals surface area (Å²) in [6.45, 7) is 6.57. The van der Waals surface area contributed by atoms with Crippen molar-refractivity contribution in [2.45, 2.75) is 72.3 Å². The topological polar surface area (TPSA) is 82.1 Å². The zero-order valence-electron chi connectivity index (χ0n) is 17.9. The molecule has 0 unspecified atom stereocenters. The molecule has 0 atom stereocenters. The minimum Gasteiger partial charge on any atom is -0.507 e. The monoisotopic (exact) mass is 404 g/mol.